The molecule has 1 heterocycles. The van der Waals surface area contributed by atoms with Crippen LogP contribution in [-0.2, 0) is 6.54 Å². The molecule has 3 rings (SSSR count). The van der Waals surface area contributed by atoms with E-state index < -0.39 is 17.5 Å². The number of H-pyrrole nitrogens is 1. The van der Waals surface area contributed by atoms with Crippen LogP contribution in [0.3, 0.4) is 0 Å². The maximum absolute atomic E-state index is 13.1. The number of nitrogens with zero attached hydrogens (tertiary/aromatic N) is 1. The summed E-state index contributed by atoms with van der Waals surface area (Å²) >= 11 is 3.35. The number of amides is 1. The summed E-state index contributed by atoms with van der Waals surface area (Å²) in [4.78, 5) is 12.1. The second-order valence-electron chi connectivity index (χ2n) is 5.13. The Morgan fingerprint density at radius 1 is 1.08 bits per heavy atom. The number of carbonyl (C=O) groups is 1. The number of hydrogen-bond donors (Lipinski definition) is 2. The van der Waals surface area contributed by atoms with E-state index in [1.165, 1.54) is 12.1 Å². The molecule has 0 unspecified atom stereocenters. The predicted molar refractivity (Wildman–Crippen MR) is 89.3 cm³/mol. The van der Waals surface area contributed by atoms with Gasteiger partial charge >= 0.3 is 0 Å². The molecule has 3 aromatic rings. The summed E-state index contributed by atoms with van der Waals surface area (Å²) in [6, 6.07) is 12.2. The van der Waals surface area contributed by atoms with Crippen molar-refractivity contribution in [1.82, 2.24) is 15.5 Å². The van der Waals surface area contributed by atoms with E-state index in [0.717, 1.165) is 16.1 Å². The zero-order valence-corrected chi connectivity index (χ0v) is 13.9. The Morgan fingerprint density at radius 2 is 1.75 bits per heavy atom. The van der Waals surface area contributed by atoms with E-state index in [2.05, 4.69) is 31.4 Å². The summed E-state index contributed by atoms with van der Waals surface area (Å²) in [6.07, 6.45) is 0. The van der Waals surface area contributed by atoms with E-state index in [9.17, 15) is 13.6 Å². The second kappa shape index (κ2) is 6.92. The van der Waals surface area contributed by atoms with Crippen LogP contribution in [0.15, 0.2) is 53.0 Å². The SMILES string of the molecule is O=C(NCc1cc(F)cc(F)c1)c1cc(-c2ccc(Br)cc2)n[nH]1. The van der Waals surface area contributed by atoms with Gasteiger partial charge in [0.05, 0.1) is 5.69 Å². The van der Waals surface area contributed by atoms with Gasteiger partial charge < -0.3 is 5.32 Å². The van der Waals surface area contributed by atoms with Gasteiger partial charge in [0, 0.05) is 22.6 Å². The summed E-state index contributed by atoms with van der Waals surface area (Å²) < 4.78 is 27.2. The molecule has 24 heavy (non-hydrogen) atoms. The van der Waals surface area contributed by atoms with Gasteiger partial charge in [0.2, 0.25) is 0 Å². The Hall–Kier alpha value is -2.54. The number of rotatable bonds is 4. The molecule has 0 aliphatic heterocycles. The summed E-state index contributed by atoms with van der Waals surface area (Å²) in [5.74, 6) is -1.77. The van der Waals surface area contributed by atoms with Crippen LogP contribution >= 0.6 is 15.9 Å². The number of aromatic amines is 1. The summed E-state index contributed by atoms with van der Waals surface area (Å²) in [6.45, 7) is 0.0140. The Balaban J connectivity index is 1.68. The first-order valence-electron chi connectivity index (χ1n) is 7.06. The maximum atomic E-state index is 13.1. The van der Waals surface area contributed by atoms with Crippen LogP contribution in [0.5, 0.6) is 0 Å². The van der Waals surface area contributed by atoms with Crippen LogP contribution in [0, 0.1) is 11.6 Å². The third kappa shape index (κ3) is 3.86. The predicted octanol–water partition coefficient (Wildman–Crippen LogP) is 4.05. The molecule has 0 saturated heterocycles. The lowest BCUT2D eigenvalue weighted by atomic mass is 10.1. The van der Waals surface area contributed by atoms with Crippen LogP contribution in [-0.4, -0.2) is 16.1 Å². The molecule has 0 atom stereocenters. The first kappa shape index (κ1) is 16.3. The number of benzene rings is 2. The van der Waals surface area contributed by atoms with Gasteiger partial charge in [0.1, 0.15) is 17.3 Å². The molecule has 0 fully saturated rings. The lowest BCUT2D eigenvalue weighted by molar-refractivity contribution is 0.0945. The van der Waals surface area contributed by atoms with E-state index in [1.54, 1.807) is 6.07 Å². The van der Waals surface area contributed by atoms with Gasteiger partial charge in [-0.15, -0.1) is 0 Å². The van der Waals surface area contributed by atoms with Gasteiger partial charge in [-0.2, -0.15) is 5.10 Å². The molecule has 1 amide bonds. The van der Waals surface area contributed by atoms with Gasteiger partial charge in [0.25, 0.3) is 5.91 Å². The van der Waals surface area contributed by atoms with Crippen molar-refractivity contribution in [3.8, 4) is 11.3 Å². The lowest BCUT2D eigenvalue weighted by Gasteiger charge is -2.04. The van der Waals surface area contributed by atoms with Crippen LogP contribution < -0.4 is 5.32 Å². The molecule has 4 nitrogen and oxygen atoms in total. The summed E-state index contributed by atoms with van der Waals surface area (Å²) in [5.41, 5.74) is 2.10. The number of carbonyl (C=O) groups excluding carboxylic acids is 1. The molecule has 122 valence electrons. The molecule has 0 bridgehead atoms. The largest absolute Gasteiger partial charge is 0.347 e. The van der Waals surface area contributed by atoms with Crippen LogP contribution in [0.4, 0.5) is 8.78 Å². The molecule has 0 saturated carbocycles. The molecule has 0 spiro atoms. The fourth-order valence-corrected chi connectivity index (χ4v) is 2.46. The molecular formula is C17H12BrF2N3O. The molecular weight excluding hydrogens is 380 g/mol. The second-order valence-corrected chi connectivity index (χ2v) is 6.05. The van der Waals surface area contributed by atoms with Gasteiger partial charge in [-0.05, 0) is 35.9 Å². The Labute approximate surface area is 145 Å². The zero-order chi connectivity index (χ0) is 17.1. The normalized spacial score (nSPS) is 10.6. The number of nitrogens with one attached hydrogen (secondary N) is 2. The molecule has 7 heteroatoms. The molecule has 0 aliphatic carbocycles. The van der Waals surface area contributed by atoms with Crippen molar-refractivity contribution < 1.29 is 13.6 Å². The van der Waals surface area contributed by atoms with E-state index in [1.807, 2.05) is 24.3 Å². The highest BCUT2D eigenvalue weighted by Gasteiger charge is 2.11. The fourth-order valence-electron chi connectivity index (χ4n) is 2.20. The molecule has 0 aliphatic rings. The summed E-state index contributed by atoms with van der Waals surface area (Å²) in [5, 5.41) is 9.35. The minimum absolute atomic E-state index is 0.0140. The average molecular weight is 392 g/mol. The number of aromatic nitrogens is 2. The quantitative estimate of drug-likeness (QED) is 0.704. The highest BCUT2D eigenvalue weighted by molar-refractivity contribution is 9.10. The standard InChI is InChI=1S/C17H12BrF2N3O/c18-12-3-1-11(2-4-12)15-8-16(23-22-15)17(24)21-9-10-5-13(19)7-14(20)6-10/h1-8H,9H2,(H,21,24)(H,22,23). The lowest BCUT2D eigenvalue weighted by Crippen LogP contribution is -2.23. The van der Waals surface area contributed by atoms with Crippen LogP contribution in [0.25, 0.3) is 11.3 Å². The maximum Gasteiger partial charge on any atom is 0.269 e. The minimum Gasteiger partial charge on any atom is -0.347 e. The van der Waals surface area contributed by atoms with Crippen LogP contribution in [0.2, 0.25) is 0 Å². The van der Waals surface area contributed by atoms with Crippen molar-refractivity contribution >= 4 is 21.8 Å². The Kier molecular flexibility index (Phi) is 4.71. The topological polar surface area (TPSA) is 57.8 Å². The number of halogens is 3. The average Bonchev–Trinajstić information content (AvgIpc) is 3.02. The number of hydrogen-bond acceptors (Lipinski definition) is 2. The first-order chi connectivity index (χ1) is 11.5. The van der Waals surface area contributed by atoms with Crippen molar-refractivity contribution in [3.05, 3.63) is 75.9 Å². The van der Waals surface area contributed by atoms with Crippen molar-refractivity contribution in [2.75, 3.05) is 0 Å². The minimum atomic E-state index is -0.682. The highest BCUT2D eigenvalue weighted by Crippen LogP contribution is 2.20. The van der Waals surface area contributed by atoms with Gasteiger partial charge in [-0.1, -0.05) is 28.1 Å². The van der Waals surface area contributed by atoms with E-state index in [0.29, 0.717) is 11.3 Å². The van der Waals surface area contributed by atoms with Gasteiger partial charge in [-0.3, -0.25) is 9.89 Å². The molecule has 2 N–H and O–H groups in total. The Bertz CT molecular complexity index is 858. The van der Waals surface area contributed by atoms with Crippen LogP contribution in [0.1, 0.15) is 16.1 Å². The summed E-state index contributed by atoms with van der Waals surface area (Å²) in [7, 11) is 0. The van der Waals surface area contributed by atoms with E-state index in [-0.39, 0.29) is 12.2 Å². The van der Waals surface area contributed by atoms with Gasteiger partial charge in [-0.25, -0.2) is 8.78 Å². The van der Waals surface area contributed by atoms with Crippen molar-refractivity contribution in [2.24, 2.45) is 0 Å². The van der Waals surface area contributed by atoms with E-state index in [4.69, 9.17) is 0 Å². The zero-order valence-electron chi connectivity index (χ0n) is 12.3. The van der Waals surface area contributed by atoms with Crippen molar-refractivity contribution in [3.63, 3.8) is 0 Å². The smallest absolute Gasteiger partial charge is 0.269 e. The van der Waals surface area contributed by atoms with Crippen molar-refractivity contribution in [2.45, 2.75) is 6.54 Å². The van der Waals surface area contributed by atoms with E-state index >= 15 is 0 Å². The fraction of sp³-hybridized carbons (Fsp3) is 0.0588. The highest BCUT2D eigenvalue weighted by atomic mass is 79.9. The third-order valence-corrected chi connectivity index (χ3v) is 3.87. The molecule has 0 radical (unpaired) electrons. The van der Waals surface area contributed by atoms with Crippen molar-refractivity contribution in [1.29, 1.82) is 0 Å². The Morgan fingerprint density at radius 3 is 2.42 bits per heavy atom. The molecule has 1 aromatic heterocycles. The van der Waals surface area contributed by atoms with Gasteiger partial charge in [0.15, 0.2) is 0 Å². The monoisotopic (exact) mass is 391 g/mol. The third-order valence-electron chi connectivity index (χ3n) is 3.34. The first-order valence-corrected chi connectivity index (χ1v) is 7.85. The molecule has 2 aromatic carbocycles.